The fourth-order valence-electron chi connectivity index (χ4n) is 3.79. The molecule has 0 spiro atoms. The van der Waals surface area contributed by atoms with E-state index in [4.69, 9.17) is 4.74 Å². The molecule has 1 aromatic heterocycles. The number of rotatable bonds is 8. The number of nitro benzene ring substituents is 1. The molecule has 12 heteroatoms. The van der Waals surface area contributed by atoms with Crippen molar-refractivity contribution in [3.63, 3.8) is 0 Å². The standard InChI is InChI=1S/C21H22N4O7S/c26-21(27)19(11-14-13-22-17-4-2-1-3-16(14)17)23-18-6-5-15(12-20(18)25(28)29)33(30,31)24-7-9-32-10-8-24/h1-6,12-13,19,22-23H,7-11H2,(H,26,27)/t19-/m0/s1. The van der Waals surface area contributed by atoms with Gasteiger partial charge in [0.25, 0.3) is 5.69 Å². The SMILES string of the molecule is O=C(O)[C@H](Cc1c[nH]c2ccccc12)Nc1ccc(S(=O)(=O)N2CCOCC2)cc1[N+](=O)[O-]. The Labute approximate surface area is 189 Å². The Bertz CT molecular complexity index is 1300. The van der Waals surface area contributed by atoms with Crippen molar-refractivity contribution >= 4 is 38.3 Å². The molecule has 2 aromatic carbocycles. The number of aromatic nitrogens is 1. The molecule has 1 aliphatic rings. The van der Waals surface area contributed by atoms with Gasteiger partial charge in [0.05, 0.1) is 23.0 Å². The molecule has 1 saturated heterocycles. The molecular formula is C21H22N4O7S. The Morgan fingerprint density at radius 2 is 1.97 bits per heavy atom. The number of fused-ring (bicyclic) bond motifs is 1. The van der Waals surface area contributed by atoms with Crippen molar-refractivity contribution in [1.82, 2.24) is 9.29 Å². The average Bonchev–Trinajstić information content (AvgIpc) is 3.22. The highest BCUT2D eigenvalue weighted by molar-refractivity contribution is 7.89. The molecule has 1 atom stereocenters. The van der Waals surface area contributed by atoms with Crippen LogP contribution in [0.5, 0.6) is 0 Å². The van der Waals surface area contributed by atoms with Crippen molar-refractivity contribution in [3.8, 4) is 0 Å². The molecule has 1 aliphatic heterocycles. The van der Waals surface area contributed by atoms with Gasteiger partial charge in [-0.25, -0.2) is 13.2 Å². The van der Waals surface area contributed by atoms with Crippen molar-refractivity contribution < 1.29 is 28.0 Å². The molecule has 1 fully saturated rings. The largest absolute Gasteiger partial charge is 0.480 e. The summed E-state index contributed by atoms with van der Waals surface area (Å²) in [4.78, 5) is 25.7. The Hall–Kier alpha value is -3.48. The highest BCUT2D eigenvalue weighted by Crippen LogP contribution is 2.30. The molecule has 33 heavy (non-hydrogen) atoms. The predicted octanol–water partition coefficient (Wildman–Crippen LogP) is 2.20. The van der Waals surface area contributed by atoms with Crippen LogP contribution in [0, 0.1) is 10.1 Å². The molecule has 3 N–H and O–H groups in total. The number of morpholine rings is 1. The smallest absolute Gasteiger partial charge is 0.326 e. The fraction of sp³-hybridized carbons (Fsp3) is 0.286. The summed E-state index contributed by atoms with van der Waals surface area (Å²) >= 11 is 0. The van der Waals surface area contributed by atoms with Gasteiger partial charge in [-0.05, 0) is 23.8 Å². The Morgan fingerprint density at radius 1 is 1.24 bits per heavy atom. The van der Waals surface area contributed by atoms with E-state index in [9.17, 15) is 28.4 Å². The minimum Gasteiger partial charge on any atom is -0.480 e. The van der Waals surface area contributed by atoms with Crippen LogP contribution in [0.15, 0.2) is 53.6 Å². The van der Waals surface area contributed by atoms with Crippen molar-refractivity contribution in [1.29, 1.82) is 0 Å². The third-order valence-electron chi connectivity index (χ3n) is 5.50. The van der Waals surface area contributed by atoms with Crippen LogP contribution in [0.25, 0.3) is 10.9 Å². The number of H-pyrrole nitrogens is 1. The van der Waals surface area contributed by atoms with E-state index >= 15 is 0 Å². The second kappa shape index (κ2) is 9.17. The molecule has 11 nitrogen and oxygen atoms in total. The van der Waals surface area contributed by atoms with Crippen LogP contribution in [0.2, 0.25) is 0 Å². The van der Waals surface area contributed by atoms with Crippen LogP contribution in [-0.2, 0) is 26.0 Å². The van der Waals surface area contributed by atoms with E-state index in [-0.39, 0.29) is 43.3 Å². The van der Waals surface area contributed by atoms with E-state index in [0.29, 0.717) is 0 Å². The molecule has 0 aliphatic carbocycles. The first-order valence-electron chi connectivity index (χ1n) is 10.2. The van der Waals surface area contributed by atoms with Crippen LogP contribution in [0.3, 0.4) is 0 Å². The lowest BCUT2D eigenvalue weighted by Crippen LogP contribution is -2.40. The van der Waals surface area contributed by atoms with Gasteiger partial charge in [0.15, 0.2) is 0 Å². The van der Waals surface area contributed by atoms with Gasteiger partial charge in [0.1, 0.15) is 11.7 Å². The van der Waals surface area contributed by atoms with E-state index in [1.807, 2.05) is 24.3 Å². The van der Waals surface area contributed by atoms with Gasteiger partial charge in [0.2, 0.25) is 10.0 Å². The van der Waals surface area contributed by atoms with Crippen LogP contribution in [-0.4, -0.2) is 66.1 Å². The fourth-order valence-corrected chi connectivity index (χ4v) is 5.22. The van der Waals surface area contributed by atoms with E-state index in [2.05, 4.69) is 10.3 Å². The van der Waals surface area contributed by atoms with Gasteiger partial charge in [0, 0.05) is 42.7 Å². The zero-order valence-electron chi connectivity index (χ0n) is 17.4. The van der Waals surface area contributed by atoms with Gasteiger partial charge in [-0.15, -0.1) is 0 Å². The first kappa shape index (κ1) is 22.7. The number of para-hydroxylation sites is 1. The van der Waals surface area contributed by atoms with Gasteiger partial charge in [-0.1, -0.05) is 18.2 Å². The minimum absolute atomic E-state index is 0.0598. The monoisotopic (exact) mass is 474 g/mol. The van der Waals surface area contributed by atoms with E-state index < -0.39 is 32.6 Å². The number of carbonyl (C=O) groups is 1. The van der Waals surface area contributed by atoms with Crippen molar-refractivity contribution in [2.75, 3.05) is 31.6 Å². The highest BCUT2D eigenvalue weighted by Gasteiger charge is 2.30. The molecular weight excluding hydrogens is 452 g/mol. The van der Waals surface area contributed by atoms with Crippen LogP contribution in [0.1, 0.15) is 5.56 Å². The second-order valence-corrected chi connectivity index (χ2v) is 9.49. The highest BCUT2D eigenvalue weighted by atomic mass is 32.2. The molecule has 0 amide bonds. The summed E-state index contributed by atoms with van der Waals surface area (Å²) in [6.07, 6.45) is 1.76. The number of nitro groups is 1. The lowest BCUT2D eigenvalue weighted by Gasteiger charge is -2.26. The molecule has 2 heterocycles. The van der Waals surface area contributed by atoms with Gasteiger partial charge in [-0.2, -0.15) is 4.31 Å². The zero-order valence-corrected chi connectivity index (χ0v) is 18.2. The Morgan fingerprint density at radius 3 is 2.67 bits per heavy atom. The van der Waals surface area contributed by atoms with Crippen molar-refractivity contribution in [2.45, 2.75) is 17.4 Å². The van der Waals surface area contributed by atoms with Gasteiger partial charge < -0.3 is 20.1 Å². The van der Waals surface area contributed by atoms with Gasteiger partial charge in [-0.3, -0.25) is 10.1 Å². The number of ether oxygens (including phenoxy) is 1. The topological polar surface area (TPSA) is 155 Å². The van der Waals surface area contributed by atoms with E-state index in [1.54, 1.807) is 6.20 Å². The molecule has 0 bridgehead atoms. The summed E-state index contributed by atoms with van der Waals surface area (Å²) in [6.45, 7) is 0.799. The van der Waals surface area contributed by atoms with Crippen molar-refractivity contribution in [3.05, 3.63) is 64.3 Å². The maximum absolute atomic E-state index is 12.9. The van der Waals surface area contributed by atoms with Crippen LogP contribution >= 0.6 is 0 Å². The minimum atomic E-state index is -3.94. The number of nitrogens with one attached hydrogen (secondary N) is 2. The number of carboxylic acid groups (broad SMARTS) is 1. The number of sulfonamides is 1. The lowest BCUT2D eigenvalue weighted by molar-refractivity contribution is -0.384. The average molecular weight is 474 g/mol. The zero-order chi connectivity index (χ0) is 23.6. The number of benzene rings is 2. The van der Waals surface area contributed by atoms with E-state index in [1.165, 1.54) is 16.4 Å². The molecule has 0 unspecified atom stereocenters. The molecule has 174 valence electrons. The second-order valence-electron chi connectivity index (χ2n) is 7.55. The normalized spacial score (nSPS) is 15.9. The maximum atomic E-state index is 12.9. The third kappa shape index (κ3) is 4.67. The maximum Gasteiger partial charge on any atom is 0.326 e. The van der Waals surface area contributed by atoms with Gasteiger partial charge >= 0.3 is 5.97 Å². The number of hydrogen-bond acceptors (Lipinski definition) is 7. The number of anilines is 1. The predicted molar refractivity (Wildman–Crippen MR) is 120 cm³/mol. The summed E-state index contributed by atoms with van der Waals surface area (Å²) in [6, 6.07) is 9.66. The van der Waals surface area contributed by atoms with Crippen LogP contribution < -0.4 is 5.32 Å². The quantitative estimate of drug-likeness (QED) is 0.331. The molecule has 0 radical (unpaired) electrons. The summed E-state index contributed by atoms with van der Waals surface area (Å²) in [5, 5.41) is 25.0. The molecule has 3 aromatic rings. The number of hydrogen-bond donors (Lipinski definition) is 3. The Kier molecular flexibility index (Phi) is 6.31. The summed E-state index contributed by atoms with van der Waals surface area (Å²) in [7, 11) is -3.94. The number of carboxylic acids is 1. The number of aliphatic carboxylic acids is 1. The number of nitrogens with zero attached hydrogens (tertiary/aromatic N) is 2. The van der Waals surface area contributed by atoms with Crippen molar-refractivity contribution in [2.24, 2.45) is 0 Å². The Balaban J connectivity index is 1.63. The first-order valence-corrected chi connectivity index (χ1v) is 11.6. The third-order valence-corrected chi connectivity index (χ3v) is 7.40. The summed E-state index contributed by atoms with van der Waals surface area (Å²) in [5.74, 6) is -1.19. The summed E-state index contributed by atoms with van der Waals surface area (Å²) < 4.78 is 32.1. The van der Waals surface area contributed by atoms with E-state index in [0.717, 1.165) is 22.5 Å². The molecule has 4 rings (SSSR count). The first-order chi connectivity index (χ1) is 15.8. The van der Waals surface area contributed by atoms with Crippen LogP contribution in [0.4, 0.5) is 11.4 Å². The lowest BCUT2D eigenvalue weighted by atomic mass is 10.0. The number of aromatic amines is 1. The molecule has 0 saturated carbocycles. The summed E-state index contributed by atoms with van der Waals surface area (Å²) in [5.41, 5.74) is 0.989.